The van der Waals surface area contributed by atoms with E-state index in [1.807, 2.05) is 24.3 Å². The van der Waals surface area contributed by atoms with Crippen LogP contribution in [0.5, 0.6) is 0 Å². The van der Waals surface area contributed by atoms with Crippen molar-refractivity contribution in [1.82, 2.24) is 29.5 Å². The van der Waals surface area contributed by atoms with Gasteiger partial charge >= 0.3 is 0 Å². The van der Waals surface area contributed by atoms with E-state index in [-0.39, 0.29) is 12.4 Å². The monoisotopic (exact) mass is 428 g/mol. The summed E-state index contributed by atoms with van der Waals surface area (Å²) in [7, 11) is 0. The summed E-state index contributed by atoms with van der Waals surface area (Å²) < 4.78 is 34.1. The molecule has 0 bridgehead atoms. The average molecular weight is 428 g/mol. The number of oxazole rings is 1. The molecule has 4 aromatic rings. The lowest BCUT2D eigenvalue weighted by atomic mass is 9.99. The fourth-order valence-corrected chi connectivity index (χ4v) is 3.85. The van der Waals surface area contributed by atoms with Gasteiger partial charge in [0.2, 0.25) is 11.7 Å². The Kier molecular flexibility index (Phi) is 4.54. The topological polar surface area (TPSA) is 113 Å². The zero-order valence-electron chi connectivity index (χ0n) is 16.4. The molecule has 11 heteroatoms. The van der Waals surface area contributed by atoms with E-state index in [1.165, 1.54) is 18.2 Å². The lowest BCUT2D eigenvalue weighted by molar-refractivity contribution is 0.0631. The van der Waals surface area contributed by atoms with Gasteiger partial charge in [-0.25, -0.2) is 23.3 Å². The van der Waals surface area contributed by atoms with E-state index in [4.69, 9.17) is 4.42 Å². The summed E-state index contributed by atoms with van der Waals surface area (Å²) in [5.41, 5.74) is 2.01. The van der Waals surface area contributed by atoms with Gasteiger partial charge < -0.3 is 19.4 Å². The van der Waals surface area contributed by atoms with E-state index in [9.17, 15) is 18.7 Å². The molecule has 0 saturated heterocycles. The Balaban J connectivity index is 1.61. The molecule has 0 spiro atoms. The SMILES string of the molecule is CC(O)c1nc(C(F)F)c(C(=O)N2CCc3[nH]cnc3[C@H]2c2cc3ccccn3n2)o1. The molecule has 2 N–H and O–H groups in total. The number of hydrogen-bond acceptors (Lipinski definition) is 6. The maximum atomic E-state index is 13.6. The number of nitrogens with zero attached hydrogens (tertiary/aromatic N) is 5. The van der Waals surface area contributed by atoms with Gasteiger partial charge in [0.1, 0.15) is 12.1 Å². The van der Waals surface area contributed by atoms with E-state index in [0.29, 0.717) is 17.8 Å². The second-order valence-electron chi connectivity index (χ2n) is 7.30. The third-order valence-corrected chi connectivity index (χ3v) is 5.28. The van der Waals surface area contributed by atoms with Crippen molar-refractivity contribution in [3.8, 4) is 0 Å². The van der Waals surface area contributed by atoms with E-state index in [1.54, 1.807) is 10.7 Å². The van der Waals surface area contributed by atoms with Crippen molar-refractivity contribution in [1.29, 1.82) is 0 Å². The minimum Gasteiger partial charge on any atom is -0.432 e. The van der Waals surface area contributed by atoms with Crippen LogP contribution in [-0.2, 0) is 6.42 Å². The van der Waals surface area contributed by atoms with Crippen LogP contribution in [0.15, 0.2) is 41.2 Å². The lowest BCUT2D eigenvalue weighted by Crippen LogP contribution is -2.41. The molecular formula is C20H18F2N6O3. The van der Waals surface area contributed by atoms with Gasteiger partial charge in [-0.2, -0.15) is 5.10 Å². The first-order valence-electron chi connectivity index (χ1n) is 9.68. The number of aliphatic hydroxyl groups is 1. The van der Waals surface area contributed by atoms with Crippen LogP contribution in [0.4, 0.5) is 8.78 Å². The molecule has 1 amide bonds. The molecule has 0 aromatic carbocycles. The third kappa shape index (κ3) is 3.17. The zero-order valence-corrected chi connectivity index (χ0v) is 16.4. The second-order valence-corrected chi connectivity index (χ2v) is 7.30. The Labute approximate surface area is 174 Å². The minimum absolute atomic E-state index is 0.236. The zero-order chi connectivity index (χ0) is 21.7. The van der Waals surface area contributed by atoms with E-state index in [0.717, 1.165) is 11.2 Å². The number of aliphatic hydroxyl groups excluding tert-OH is 1. The van der Waals surface area contributed by atoms with Crippen molar-refractivity contribution >= 4 is 11.4 Å². The Morgan fingerprint density at radius 2 is 2.23 bits per heavy atom. The van der Waals surface area contributed by atoms with Crippen LogP contribution in [0.1, 0.15) is 64.7 Å². The van der Waals surface area contributed by atoms with Gasteiger partial charge in [-0.1, -0.05) is 6.07 Å². The number of alkyl halides is 2. The van der Waals surface area contributed by atoms with Gasteiger partial charge in [0.05, 0.1) is 23.2 Å². The number of amides is 1. The number of aromatic amines is 1. The van der Waals surface area contributed by atoms with Gasteiger partial charge in [-0.05, 0) is 25.1 Å². The molecule has 31 heavy (non-hydrogen) atoms. The molecule has 1 aliphatic rings. The normalized spacial score (nSPS) is 17.3. The van der Waals surface area contributed by atoms with Crippen LogP contribution in [0.3, 0.4) is 0 Å². The molecule has 0 aliphatic carbocycles. The van der Waals surface area contributed by atoms with Gasteiger partial charge in [0.15, 0.2) is 5.69 Å². The highest BCUT2D eigenvalue weighted by Gasteiger charge is 2.39. The van der Waals surface area contributed by atoms with Crippen LogP contribution >= 0.6 is 0 Å². The van der Waals surface area contributed by atoms with Gasteiger partial charge in [0.25, 0.3) is 12.3 Å². The Morgan fingerprint density at radius 1 is 1.39 bits per heavy atom. The van der Waals surface area contributed by atoms with Crippen LogP contribution < -0.4 is 0 Å². The predicted octanol–water partition coefficient (Wildman–Crippen LogP) is 2.82. The molecular weight excluding hydrogens is 410 g/mol. The highest BCUT2D eigenvalue weighted by Crippen LogP contribution is 2.36. The molecule has 9 nitrogen and oxygen atoms in total. The average Bonchev–Trinajstić information content (AvgIpc) is 3.49. The first-order chi connectivity index (χ1) is 14.9. The number of rotatable bonds is 4. The number of H-pyrrole nitrogens is 1. The van der Waals surface area contributed by atoms with Crippen molar-refractivity contribution in [2.24, 2.45) is 0 Å². The first kappa shape index (κ1) is 19.4. The number of hydrogen-bond donors (Lipinski definition) is 2. The van der Waals surface area contributed by atoms with Gasteiger partial charge in [0, 0.05) is 24.9 Å². The number of imidazole rings is 1. The first-order valence-corrected chi connectivity index (χ1v) is 9.68. The Bertz CT molecular complexity index is 1230. The lowest BCUT2D eigenvalue weighted by Gasteiger charge is -2.33. The summed E-state index contributed by atoms with van der Waals surface area (Å²) in [4.78, 5) is 25.9. The molecule has 4 aromatic heterocycles. The smallest absolute Gasteiger partial charge is 0.292 e. The molecule has 1 aliphatic heterocycles. The van der Waals surface area contributed by atoms with E-state index in [2.05, 4.69) is 20.1 Å². The predicted molar refractivity (Wildman–Crippen MR) is 102 cm³/mol. The third-order valence-electron chi connectivity index (χ3n) is 5.28. The molecule has 5 rings (SSSR count). The number of carbonyl (C=O) groups is 1. The van der Waals surface area contributed by atoms with Crippen molar-refractivity contribution in [2.45, 2.75) is 31.9 Å². The molecule has 0 fully saturated rings. The minimum atomic E-state index is -3.03. The summed E-state index contributed by atoms with van der Waals surface area (Å²) in [6.45, 7) is 1.56. The standard InChI is InChI=1S/C20H18F2N6O3/c1-10(29)19-25-15(18(21)22)17(31-19)20(30)27-7-5-12-14(24-9-23-12)16(27)13-8-11-4-2-3-6-28(11)26-13/h2-4,6,8-10,16,18,29H,5,7H2,1H3,(H,23,24)/t10?,16-/m1/s1. The van der Waals surface area contributed by atoms with Crippen LogP contribution in [0.25, 0.3) is 5.52 Å². The quantitative estimate of drug-likeness (QED) is 0.517. The van der Waals surface area contributed by atoms with Crippen LogP contribution in [-0.4, -0.2) is 47.0 Å². The van der Waals surface area contributed by atoms with Gasteiger partial charge in [-0.3, -0.25) is 4.79 Å². The van der Waals surface area contributed by atoms with Crippen LogP contribution in [0.2, 0.25) is 0 Å². The highest BCUT2D eigenvalue weighted by atomic mass is 19.3. The summed E-state index contributed by atoms with van der Waals surface area (Å²) in [5.74, 6) is -1.68. The summed E-state index contributed by atoms with van der Waals surface area (Å²) in [6, 6.07) is 6.69. The fraction of sp³-hybridized carbons (Fsp3) is 0.300. The number of fused-ring (bicyclic) bond motifs is 2. The molecule has 160 valence electrons. The summed E-state index contributed by atoms with van der Waals surface area (Å²) in [5, 5.41) is 14.3. The highest BCUT2D eigenvalue weighted by molar-refractivity contribution is 5.93. The van der Waals surface area contributed by atoms with Crippen LogP contribution in [0, 0.1) is 0 Å². The van der Waals surface area contributed by atoms with Crippen molar-refractivity contribution in [3.63, 3.8) is 0 Å². The largest absolute Gasteiger partial charge is 0.432 e. The van der Waals surface area contributed by atoms with Gasteiger partial charge in [-0.15, -0.1) is 0 Å². The van der Waals surface area contributed by atoms with E-state index >= 15 is 0 Å². The van der Waals surface area contributed by atoms with E-state index < -0.39 is 35.9 Å². The number of carbonyl (C=O) groups excluding carboxylic acids is 1. The number of halogens is 2. The van der Waals surface area contributed by atoms with Crippen molar-refractivity contribution < 1.29 is 23.1 Å². The number of aromatic nitrogens is 5. The Morgan fingerprint density at radius 3 is 2.97 bits per heavy atom. The number of nitrogens with one attached hydrogen (secondary N) is 1. The summed E-state index contributed by atoms with van der Waals surface area (Å²) in [6.07, 6.45) is -0.486. The molecule has 5 heterocycles. The van der Waals surface area contributed by atoms with Crippen molar-refractivity contribution in [2.75, 3.05) is 6.54 Å². The fourth-order valence-electron chi connectivity index (χ4n) is 3.85. The maximum absolute atomic E-state index is 13.6. The molecule has 1 unspecified atom stereocenters. The molecule has 2 atom stereocenters. The molecule has 0 saturated carbocycles. The van der Waals surface area contributed by atoms with Crippen molar-refractivity contribution in [3.05, 3.63) is 71.2 Å². The maximum Gasteiger partial charge on any atom is 0.292 e. The molecule has 0 radical (unpaired) electrons. The second kappa shape index (κ2) is 7.27. The number of pyridine rings is 1. The summed E-state index contributed by atoms with van der Waals surface area (Å²) >= 11 is 0. The Hall–Kier alpha value is -3.60.